The van der Waals surface area contributed by atoms with E-state index in [-0.39, 0.29) is 11.0 Å². The molecule has 0 aliphatic rings. The van der Waals surface area contributed by atoms with Crippen molar-refractivity contribution in [3.63, 3.8) is 0 Å². The van der Waals surface area contributed by atoms with Gasteiger partial charge in [0.25, 0.3) is 0 Å². The van der Waals surface area contributed by atoms with Crippen LogP contribution < -0.4 is 0 Å². The minimum Gasteiger partial charge on any atom is -0.494 e. The molecule has 0 amide bonds. The van der Waals surface area contributed by atoms with E-state index in [1.54, 1.807) is 13.0 Å². The maximum atomic E-state index is 12.4. The van der Waals surface area contributed by atoms with Gasteiger partial charge in [0, 0.05) is 11.9 Å². The van der Waals surface area contributed by atoms with E-state index in [4.69, 9.17) is 11.6 Å². The summed E-state index contributed by atoms with van der Waals surface area (Å²) in [4.78, 5) is 4.13. The molecule has 0 saturated carbocycles. The number of aromatic hydroxyl groups is 1. The minimum absolute atomic E-state index is 0.122. The van der Waals surface area contributed by atoms with E-state index in [0.29, 0.717) is 22.3 Å². The van der Waals surface area contributed by atoms with Gasteiger partial charge in [0.2, 0.25) is 5.88 Å². The number of halogens is 4. The summed E-state index contributed by atoms with van der Waals surface area (Å²) in [5, 5.41) is 14.7. The summed E-state index contributed by atoms with van der Waals surface area (Å²) in [7, 11) is 0. The largest absolute Gasteiger partial charge is 0.494 e. The monoisotopic (exact) mass is 330 g/mol. The molecule has 9 heteroatoms. The SMILES string of the molecule is Cc1c2nc(Cl)ccc2c(O)n1-c1cnn(CC(F)(F)F)c1. The van der Waals surface area contributed by atoms with Crippen molar-refractivity contribution in [2.75, 3.05) is 0 Å². The van der Waals surface area contributed by atoms with Crippen LogP contribution in [0.2, 0.25) is 5.15 Å². The summed E-state index contributed by atoms with van der Waals surface area (Å²) in [6.45, 7) is 0.490. The molecule has 3 aromatic rings. The second-order valence-corrected chi connectivity index (χ2v) is 5.17. The van der Waals surface area contributed by atoms with Gasteiger partial charge in [-0.15, -0.1) is 0 Å². The summed E-state index contributed by atoms with van der Waals surface area (Å²) in [6, 6.07) is 3.13. The maximum absolute atomic E-state index is 12.4. The Morgan fingerprint density at radius 3 is 2.73 bits per heavy atom. The third kappa shape index (κ3) is 2.50. The van der Waals surface area contributed by atoms with Crippen molar-refractivity contribution in [3.8, 4) is 11.6 Å². The van der Waals surface area contributed by atoms with Crippen molar-refractivity contribution >= 4 is 22.5 Å². The maximum Gasteiger partial charge on any atom is 0.408 e. The highest BCUT2D eigenvalue weighted by Gasteiger charge is 2.28. The van der Waals surface area contributed by atoms with E-state index >= 15 is 0 Å². The third-order valence-corrected chi connectivity index (χ3v) is 3.42. The molecular formula is C13H10ClF3N4O. The second-order valence-electron chi connectivity index (χ2n) is 4.79. The Balaban J connectivity index is 2.11. The van der Waals surface area contributed by atoms with Gasteiger partial charge >= 0.3 is 6.18 Å². The number of nitrogens with zero attached hydrogens (tertiary/aromatic N) is 4. The van der Waals surface area contributed by atoms with E-state index in [1.165, 1.54) is 23.0 Å². The molecule has 0 radical (unpaired) electrons. The zero-order chi connectivity index (χ0) is 16.1. The highest BCUT2D eigenvalue weighted by atomic mass is 35.5. The summed E-state index contributed by atoms with van der Waals surface area (Å²) in [6.07, 6.45) is -1.91. The number of rotatable bonds is 2. The number of aromatic nitrogens is 4. The van der Waals surface area contributed by atoms with Gasteiger partial charge in [-0.1, -0.05) is 11.6 Å². The molecule has 0 saturated heterocycles. The highest BCUT2D eigenvalue weighted by Crippen LogP contribution is 2.33. The zero-order valence-electron chi connectivity index (χ0n) is 11.3. The summed E-state index contributed by atoms with van der Waals surface area (Å²) >= 11 is 5.83. The number of hydrogen-bond acceptors (Lipinski definition) is 3. The van der Waals surface area contributed by atoms with Crippen LogP contribution in [0.5, 0.6) is 5.88 Å². The molecule has 3 heterocycles. The smallest absolute Gasteiger partial charge is 0.408 e. The van der Waals surface area contributed by atoms with Crippen LogP contribution in [0.1, 0.15) is 5.69 Å². The van der Waals surface area contributed by atoms with Gasteiger partial charge in [-0.05, 0) is 19.1 Å². The standard InChI is InChI=1S/C13H10ClF3N4O/c1-7-11-9(2-3-10(14)19-11)12(22)21(7)8-4-18-20(5-8)6-13(15,16)17/h2-5,22H,6H2,1H3. The molecule has 1 N–H and O–H groups in total. The molecule has 3 aromatic heterocycles. The van der Waals surface area contributed by atoms with Crippen molar-refractivity contribution in [2.45, 2.75) is 19.6 Å². The Hall–Kier alpha value is -2.22. The van der Waals surface area contributed by atoms with Gasteiger partial charge in [-0.25, -0.2) is 4.98 Å². The van der Waals surface area contributed by atoms with E-state index in [2.05, 4.69) is 10.1 Å². The molecule has 0 unspecified atom stereocenters. The first-order valence-electron chi connectivity index (χ1n) is 6.22. The molecule has 0 aromatic carbocycles. The Morgan fingerprint density at radius 1 is 1.32 bits per heavy atom. The molecule has 3 rings (SSSR count). The van der Waals surface area contributed by atoms with Gasteiger partial charge in [0.15, 0.2) is 0 Å². The number of pyridine rings is 1. The normalized spacial score (nSPS) is 12.2. The number of alkyl halides is 3. The van der Waals surface area contributed by atoms with Crippen molar-refractivity contribution in [3.05, 3.63) is 35.4 Å². The lowest BCUT2D eigenvalue weighted by molar-refractivity contribution is -0.142. The number of fused-ring (bicyclic) bond motifs is 1. The first kappa shape index (κ1) is 14.7. The summed E-state index contributed by atoms with van der Waals surface area (Å²) < 4.78 is 39.3. The van der Waals surface area contributed by atoms with E-state index < -0.39 is 12.7 Å². The van der Waals surface area contributed by atoms with Gasteiger partial charge in [-0.2, -0.15) is 18.3 Å². The van der Waals surface area contributed by atoms with Crippen LogP contribution in [0.4, 0.5) is 13.2 Å². The molecule has 0 fully saturated rings. The Labute approximate surface area is 127 Å². The lowest BCUT2D eigenvalue weighted by Gasteiger charge is -2.06. The molecular weight excluding hydrogens is 321 g/mol. The molecule has 0 spiro atoms. The zero-order valence-corrected chi connectivity index (χ0v) is 12.0. The van der Waals surface area contributed by atoms with Crippen molar-refractivity contribution in [1.82, 2.24) is 19.3 Å². The minimum atomic E-state index is -4.36. The van der Waals surface area contributed by atoms with Gasteiger partial charge < -0.3 is 5.11 Å². The predicted octanol–water partition coefficient (Wildman–Crippen LogP) is 3.45. The molecule has 5 nitrogen and oxygen atoms in total. The van der Waals surface area contributed by atoms with Crippen LogP contribution in [-0.4, -0.2) is 30.6 Å². The fourth-order valence-electron chi connectivity index (χ4n) is 2.33. The first-order valence-corrected chi connectivity index (χ1v) is 6.60. The third-order valence-electron chi connectivity index (χ3n) is 3.21. The van der Waals surface area contributed by atoms with E-state index in [1.807, 2.05) is 0 Å². The van der Waals surface area contributed by atoms with Crippen LogP contribution in [0.15, 0.2) is 24.5 Å². The Kier molecular flexibility index (Phi) is 3.28. The fraction of sp³-hybridized carbons (Fsp3) is 0.231. The fourth-order valence-corrected chi connectivity index (χ4v) is 2.48. The average molecular weight is 331 g/mol. The highest BCUT2D eigenvalue weighted by molar-refractivity contribution is 6.29. The topological polar surface area (TPSA) is 55.9 Å². The molecule has 0 bridgehead atoms. The second kappa shape index (κ2) is 4.91. The van der Waals surface area contributed by atoms with Crippen molar-refractivity contribution in [1.29, 1.82) is 0 Å². The number of hydrogen-bond donors (Lipinski definition) is 1. The average Bonchev–Trinajstić information content (AvgIpc) is 2.92. The molecule has 0 atom stereocenters. The summed E-state index contributed by atoms with van der Waals surface area (Å²) in [5.74, 6) is -0.122. The van der Waals surface area contributed by atoms with Gasteiger partial charge in [0.05, 0.1) is 22.8 Å². The van der Waals surface area contributed by atoms with Crippen LogP contribution in [0, 0.1) is 6.92 Å². The predicted molar refractivity (Wildman–Crippen MR) is 74.3 cm³/mol. The summed E-state index contributed by atoms with van der Waals surface area (Å²) in [5.41, 5.74) is 1.35. The van der Waals surface area contributed by atoms with E-state index in [0.717, 1.165) is 4.68 Å². The molecule has 22 heavy (non-hydrogen) atoms. The Bertz CT molecular complexity index is 853. The Morgan fingerprint density at radius 2 is 2.05 bits per heavy atom. The van der Waals surface area contributed by atoms with Crippen LogP contribution in [-0.2, 0) is 6.54 Å². The molecule has 116 valence electrons. The lowest BCUT2D eigenvalue weighted by atomic mass is 10.3. The van der Waals surface area contributed by atoms with Gasteiger partial charge in [0.1, 0.15) is 11.7 Å². The molecule has 0 aliphatic heterocycles. The van der Waals surface area contributed by atoms with Crippen LogP contribution in [0.3, 0.4) is 0 Å². The van der Waals surface area contributed by atoms with Gasteiger partial charge in [-0.3, -0.25) is 9.25 Å². The van der Waals surface area contributed by atoms with E-state index in [9.17, 15) is 18.3 Å². The van der Waals surface area contributed by atoms with Crippen LogP contribution >= 0.6 is 11.6 Å². The number of aryl methyl sites for hydroxylation is 1. The van der Waals surface area contributed by atoms with Crippen LogP contribution in [0.25, 0.3) is 16.6 Å². The van der Waals surface area contributed by atoms with Crippen molar-refractivity contribution in [2.24, 2.45) is 0 Å². The quantitative estimate of drug-likeness (QED) is 0.732. The molecule has 0 aliphatic carbocycles. The van der Waals surface area contributed by atoms with Crippen molar-refractivity contribution < 1.29 is 18.3 Å². The first-order chi connectivity index (χ1) is 10.3. The lowest BCUT2D eigenvalue weighted by Crippen LogP contribution is -2.17.